The van der Waals surface area contributed by atoms with Crippen molar-refractivity contribution in [3.63, 3.8) is 0 Å². The second-order valence-corrected chi connectivity index (χ2v) is 9.19. The first kappa shape index (κ1) is 20.9. The molecule has 2 aromatic heterocycles. The molecule has 0 saturated carbocycles. The number of ether oxygens (including phenoxy) is 2. The van der Waals surface area contributed by atoms with E-state index in [1.165, 1.54) is 4.88 Å². The van der Waals surface area contributed by atoms with Crippen molar-refractivity contribution in [2.75, 3.05) is 40.9 Å². The molecule has 7 heteroatoms. The van der Waals surface area contributed by atoms with E-state index < -0.39 is 0 Å². The maximum absolute atomic E-state index is 12.8. The smallest absolute Gasteiger partial charge is 0.259 e. The summed E-state index contributed by atoms with van der Waals surface area (Å²) in [5, 5.41) is 0.784. The summed E-state index contributed by atoms with van der Waals surface area (Å²) in [6.07, 6.45) is 1.92. The topological polar surface area (TPSA) is 46.9 Å². The molecule has 0 amide bonds. The minimum atomic E-state index is 0.0449. The first-order valence-corrected chi connectivity index (χ1v) is 11.0. The van der Waals surface area contributed by atoms with E-state index in [0.717, 1.165) is 47.4 Å². The number of thiophene rings is 1. The summed E-state index contributed by atoms with van der Waals surface area (Å²) >= 11 is 1.72. The molecule has 0 radical (unpaired) electrons. The molecule has 1 aliphatic rings. The highest BCUT2D eigenvalue weighted by molar-refractivity contribution is 7.19. The lowest BCUT2D eigenvalue weighted by Crippen LogP contribution is -2.49. The normalized spacial score (nSPS) is 18.1. The van der Waals surface area contributed by atoms with Crippen molar-refractivity contribution in [3.8, 4) is 22.6 Å². The van der Waals surface area contributed by atoms with E-state index >= 15 is 0 Å². The van der Waals surface area contributed by atoms with Crippen LogP contribution < -0.4 is 15.0 Å². The third-order valence-electron chi connectivity index (χ3n) is 6.02. The minimum absolute atomic E-state index is 0.0449. The zero-order chi connectivity index (χ0) is 21.4. The number of fused-ring (bicyclic) bond motifs is 1. The van der Waals surface area contributed by atoms with E-state index in [1.807, 2.05) is 31.4 Å². The minimum Gasteiger partial charge on any atom is -0.493 e. The number of nitrogens with zero attached hydrogens (tertiary/aromatic N) is 3. The Morgan fingerprint density at radius 3 is 2.57 bits per heavy atom. The highest BCUT2D eigenvalue weighted by Crippen LogP contribution is 2.37. The van der Waals surface area contributed by atoms with Crippen molar-refractivity contribution in [3.05, 3.63) is 45.7 Å². The van der Waals surface area contributed by atoms with Crippen molar-refractivity contribution in [2.24, 2.45) is 7.05 Å². The van der Waals surface area contributed by atoms with E-state index in [-0.39, 0.29) is 5.56 Å². The zero-order valence-corrected chi connectivity index (χ0v) is 19.1. The highest BCUT2D eigenvalue weighted by atomic mass is 32.1. The number of rotatable bonds is 5. The Bertz CT molecular complexity index is 1120. The molecular formula is C23H29N3O3S. The van der Waals surface area contributed by atoms with Gasteiger partial charge in [0.1, 0.15) is 0 Å². The van der Waals surface area contributed by atoms with Crippen molar-refractivity contribution in [1.82, 2.24) is 14.4 Å². The van der Waals surface area contributed by atoms with Gasteiger partial charge in [-0.2, -0.15) is 0 Å². The lowest BCUT2D eigenvalue weighted by molar-refractivity contribution is 0.101. The molecule has 0 spiro atoms. The predicted molar refractivity (Wildman–Crippen MR) is 123 cm³/mol. The van der Waals surface area contributed by atoms with Crippen LogP contribution in [0.25, 0.3) is 21.2 Å². The van der Waals surface area contributed by atoms with Crippen molar-refractivity contribution in [1.29, 1.82) is 0 Å². The SMILES string of the molecule is COc1ccc(-c2cn(C)c(=O)c3cc(CN4CCN(C)C(C)C4)sc23)cc1OC. The van der Waals surface area contributed by atoms with Gasteiger partial charge in [0.05, 0.1) is 19.6 Å². The number of likely N-dealkylation sites (N-methyl/N-ethyl adjacent to an activating group) is 1. The first-order valence-electron chi connectivity index (χ1n) is 10.2. The van der Waals surface area contributed by atoms with Gasteiger partial charge in [0.2, 0.25) is 0 Å². The third kappa shape index (κ3) is 3.85. The fraction of sp³-hybridized carbons (Fsp3) is 0.435. The number of aromatic nitrogens is 1. The molecule has 30 heavy (non-hydrogen) atoms. The van der Waals surface area contributed by atoms with Crippen molar-refractivity contribution in [2.45, 2.75) is 19.5 Å². The van der Waals surface area contributed by atoms with E-state index in [0.29, 0.717) is 17.5 Å². The predicted octanol–water partition coefficient (Wildman–Crippen LogP) is 3.42. The molecule has 4 rings (SSSR count). The summed E-state index contributed by atoms with van der Waals surface area (Å²) < 4.78 is 13.6. The molecule has 3 heterocycles. The summed E-state index contributed by atoms with van der Waals surface area (Å²) in [5.41, 5.74) is 2.09. The molecule has 0 N–H and O–H groups in total. The fourth-order valence-corrected chi connectivity index (χ4v) is 5.30. The second-order valence-electron chi connectivity index (χ2n) is 8.05. The standard InChI is InChI=1S/C23H29N3O3S/c1-15-12-26(9-8-24(15)2)13-17-11-18-22(30-17)19(14-25(3)23(18)27)16-6-7-20(28-4)21(10-16)29-5/h6-7,10-11,14-15H,8-9,12-13H2,1-5H3. The van der Waals surface area contributed by atoms with Crippen LogP contribution in [-0.2, 0) is 13.6 Å². The van der Waals surface area contributed by atoms with Crippen LogP contribution in [0.1, 0.15) is 11.8 Å². The molecule has 0 bridgehead atoms. The number of hydrogen-bond acceptors (Lipinski definition) is 6. The molecule has 1 saturated heterocycles. The summed E-state index contributed by atoms with van der Waals surface area (Å²) in [7, 11) is 7.26. The maximum atomic E-state index is 12.8. The van der Waals surface area contributed by atoms with Gasteiger partial charge in [-0.15, -0.1) is 11.3 Å². The molecule has 1 aliphatic heterocycles. The Labute approximate surface area is 181 Å². The molecule has 1 fully saturated rings. The molecule has 6 nitrogen and oxygen atoms in total. The van der Waals surface area contributed by atoms with Gasteiger partial charge in [0.25, 0.3) is 5.56 Å². The average Bonchev–Trinajstić information content (AvgIpc) is 3.16. The maximum Gasteiger partial charge on any atom is 0.259 e. The second kappa shape index (κ2) is 8.41. The van der Waals surface area contributed by atoms with E-state index in [4.69, 9.17) is 9.47 Å². The first-order chi connectivity index (χ1) is 14.4. The zero-order valence-electron chi connectivity index (χ0n) is 18.3. The Morgan fingerprint density at radius 1 is 1.10 bits per heavy atom. The molecule has 1 unspecified atom stereocenters. The Balaban J connectivity index is 1.75. The molecule has 3 aromatic rings. The lowest BCUT2D eigenvalue weighted by atomic mass is 10.1. The van der Waals surface area contributed by atoms with E-state index in [9.17, 15) is 4.79 Å². The molecule has 0 aliphatic carbocycles. The van der Waals surface area contributed by atoms with Crippen LogP contribution in [0.15, 0.2) is 35.3 Å². The molecule has 160 valence electrons. The van der Waals surface area contributed by atoms with Gasteiger partial charge in [-0.1, -0.05) is 6.07 Å². The molecular weight excluding hydrogens is 398 g/mol. The van der Waals surface area contributed by atoms with Crippen LogP contribution in [0.3, 0.4) is 0 Å². The summed E-state index contributed by atoms with van der Waals surface area (Å²) in [4.78, 5) is 18.9. The quantitative estimate of drug-likeness (QED) is 0.624. The molecule has 1 atom stereocenters. The van der Waals surface area contributed by atoms with Gasteiger partial charge in [0.15, 0.2) is 11.5 Å². The summed E-state index contributed by atoms with van der Waals surface area (Å²) in [6.45, 7) is 6.32. The highest BCUT2D eigenvalue weighted by Gasteiger charge is 2.22. The van der Waals surface area contributed by atoms with Gasteiger partial charge in [0, 0.05) is 60.6 Å². The van der Waals surface area contributed by atoms with E-state index in [2.05, 4.69) is 29.8 Å². The van der Waals surface area contributed by atoms with Crippen LogP contribution in [0.4, 0.5) is 0 Å². The fourth-order valence-electron chi connectivity index (χ4n) is 4.08. The van der Waals surface area contributed by atoms with Crippen LogP contribution in [0, 0.1) is 0 Å². The van der Waals surface area contributed by atoms with Crippen LogP contribution in [-0.4, -0.2) is 61.3 Å². The number of hydrogen-bond donors (Lipinski definition) is 0. The molecule has 1 aromatic carbocycles. The van der Waals surface area contributed by atoms with Crippen molar-refractivity contribution >= 4 is 21.4 Å². The van der Waals surface area contributed by atoms with E-state index in [1.54, 1.807) is 30.1 Å². The van der Waals surface area contributed by atoms with Crippen LogP contribution in [0.5, 0.6) is 11.5 Å². The van der Waals surface area contributed by atoms with Gasteiger partial charge in [-0.25, -0.2) is 0 Å². The number of benzene rings is 1. The number of piperazine rings is 1. The Hall–Kier alpha value is -2.35. The van der Waals surface area contributed by atoms with Crippen molar-refractivity contribution < 1.29 is 9.47 Å². The summed E-state index contributed by atoms with van der Waals surface area (Å²) in [5.74, 6) is 1.37. The summed E-state index contributed by atoms with van der Waals surface area (Å²) in [6, 6.07) is 8.52. The largest absolute Gasteiger partial charge is 0.493 e. The number of methoxy groups -OCH3 is 2. The third-order valence-corrected chi connectivity index (χ3v) is 7.17. The van der Waals surface area contributed by atoms with Crippen LogP contribution >= 0.6 is 11.3 Å². The van der Waals surface area contributed by atoms with Gasteiger partial charge >= 0.3 is 0 Å². The monoisotopic (exact) mass is 427 g/mol. The Kier molecular flexibility index (Phi) is 5.86. The van der Waals surface area contributed by atoms with Gasteiger partial charge < -0.3 is 18.9 Å². The average molecular weight is 428 g/mol. The van der Waals surface area contributed by atoms with Crippen LogP contribution in [0.2, 0.25) is 0 Å². The lowest BCUT2D eigenvalue weighted by Gasteiger charge is -2.37. The Morgan fingerprint density at radius 2 is 1.87 bits per heavy atom. The number of pyridine rings is 1. The van der Waals surface area contributed by atoms with Gasteiger partial charge in [-0.05, 0) is 37.7 Å². The van der Waals surface area contributed by atoms with Gasteiger partial charge in [-0.3, -0.25) is 9.69 Å². The number of aryl methyl sites for hydroxylation is 1.